The summed E-state index contributed by atoms with van der Waals surface area (Å²) in [5, 5.41) is 120. The van der Waals surface area contributed by atoms with Crippen molar-refractivity contribution in [3.05, 3.63) is 60.8 Å². The molecule has 0 aromatic rings. The fraction of sp³-hybridized carbons (Fsp3) is 0.817. The van der Waals surface area contributed by atoms with Crippen LogP contribution in [0.4, 0.5) is 0 Å². The highest BCUT2D eigenvalue weighted by molar-refractivity contribution is 5.76. The fourth-order valence-corrected chi connectivity index (χ4v) is 9.93. The first-order chi connectivity index (χ1) is 38.3. The van der Waals surface area contributed by atoms with Crippen molar-refractivity contribution in [1.82, 2.24) is 5.32 Å². The van der Waals surface area contributed by atoms with E-state index in [1.807, 2.05) is 0 Å². The third kappa shape index (κ3) is 27.2. The second-order valence-corrected chi connectivity index (χ2v) is 21.4. The summed E-state index contributed by atoms with van der Waals surface area (Å²) in [6.07, 6.45) is 22.1. The lowest BCUT2D eigenvalue weighted by molar-refractivity contribution is -0.379. The molecule has 3 aliphatic rings. The van der Waals surface area contributed by atoms with Gasteiger partial charge in [-0.05, 0) is 57.8 Å². The van der Waals surface area contributed by atoms with Crippen LogP contribution < -0.4 is 5.32 Å². The lowest BCUT2D eigenvalue weighted by atomic mass is 9.96. The number of unbranched alkanes of at least 4 members (excludes halogenated alkanes) is 17. The van der Waals surface area contributed by atoms with E-state index in [2.05, 4.69) is 79.9 Å². The predicted molar refractivity (Wildman–Crippen MR) is 300 cm³/mol. The van der Waals surface area contributed by atoms with E-state index in [1.54, 1.807) is 0 Å². The molecule has 3 fully saturated rings. The average Bonchev–Trinajstić information content (AvgIpc) is 3.47. The van der Waals surface area contributed by atoms with Crippen LogP contribution in [0.15, 0.2) is 60.8 Å². The molecule has 3 saturated heterocycles. The Morgan fingerprint density at radius 1 is 0.468 bits per heavy atom. The zero-order valence-electron chi connectivity index (χ0n) is 47.6. The van der Waals surface area contributed by atoms with Crippen LogP contribution in [0, 0.1) is 0 Å². The van der Waals surface area contributed by atoms with E-state index in [0.717, 1.165) is 96.3 Å². The number of allylic oxidation sites excluding steroid dienone is 10. The molecule has 17 atom stereocenters. The lowest BCUT2D eigenvalue weighted by Gasteiger charge is -2.48. The molecule has 3 heterocycles. The third-order valence-electron chi connectivity index (χ3n) is 14.9. The van der Waals surface area contributed by atoms with Crippen LogP contribution >= 0.6 is 0 Å². The van der Waals surface area contributed by atoms with Gasteiger partial charge in [0.1, 0.15) is 73.2 Å². The summed E-state index contributed by atoms with van der Waals surface area (Å²) in [7, 11) is 0. The summed E-state index contributed by atoms with van der Waals surface area (Å²) >= 11 is 0. The maximum atomic E-state index is 13.3. The lowest BCUT2D eigenvalue weighted by Crippen LogP contribution is -2.66. The molecule has 1 amide bonds. The summed E-state index contributed by atoms with van der Waals surface area (Å²) in [5.41, 5.74) is 0. The van der Waals surface area contributed by atoms with Gasteiger partial charge in [0, 0.05) is 6.42 Å². The van der Waals surface area contributed by atoms with Gasteiger partial charge in [-0.25, -0.2) is 0 Å². The Kier molecular flexibility index (Phi) is 38.7. The van der Waals surface area contributed by atoms with E-state index >= 15 is 0 Å². The summed E-state index contributed by atoms with van der Waals surface area (Å²) in [6.45, 7) is 1.59. The number of ether oxygens (including phenoxy) is 6. The summed E-state index contributed by atoms with van der Waals surface area (Å²) in [4.78, 5) is 13.3. The van der Waals surface area contributed by atoms with Crippen LogP contribution in [0.5, 0.6) is 0 Å². The number of rotatable bonds is 43. The topological polar surface area (TPSA) is 307 Å². The minimum Gasteiger partial charge on any atom is -0.394 e. The molecule has 12 N–H and O–H groups in total. The van der Waals surface area contributed by atoms with E-state index in [4.69, 9.17) is 28.4 Å². The van der Waals surface area contributed by atoms with Crippen LogP contribution in [0.2, 0.25) is 0 Å². The maximum absolute atomic E-state index is 13.3. The van der Waals surface area contributed by atoms with Gasteiger partial charge < -0.3 is 89.9 Å². The third-order valence-corrected chi connectivity index (χ3v) is 14.9. The van der Waals surface area contributed by atoms with Crippen molar-refractivity contribution in [1.29, 1.82) is 0 Å². The first-order valence-electron chi connectivity index (χ1n) is 30.0. The molecule has 17 unspecified atom stereocenters. The molecule has 3 rings (SSSR count). The maximum Gasteiger partial charge on any atom is 0.220 e. The summed E-state index contributed by atoms with van der Waals surface area (Å²) < 4.78 is 34.2. The Morgan fingerprint density at radius 3 is 1.37 bits per heavy atom. The molecule has 0 radical (unpaired) electrons. The first kappa shape index (κ1) is 70.8. The van der Waals surface area contributed by atoms with Gasteiger partial charge >= 0.3 is 0 Å². The smallest absolute Gasteiger partial charge is 0.220 e. The molecule has 3 aliphatic heterocycles. The second kappa shape index (κ2) is 43.2. The van der Waals surface area contributed by atoms with Gasteiger partial charge in [0.05, 0.1) is 38.6 Å². The minimum atomic E-state index is -1.97. The molecule has 19 heteroatoms. The average molecular weight is 1130 g/mol. The number of hydrogen-bond acceptors (Lipinski definition) is 18. The molecular formula is C60H105NO18. The van der Waals surface area contributed by atoms with Crippen LogP contribution in [0.3, 0.4) is 0 Å². The van der Waals surface area contributed by atoms with Gasteiger partial charge in [0.2, 0.25) is 5.91 Å². The Labute approximate surface area is 471 Å². The molecule has 0 saturated carbocycles. The number of amides is 1. The van der Waals surface area contributed by atoms with E-state index in [-0.39, 0.29) is 18.9 Å². The van der Waals surface area contributed by atoms with E-state index in [0.29, 0.717) is 12.8 Å². The molecule has 458 valence electrons. The molecule has 0 aromatic heterocycles. The number of aliphatic hydroxyl groups excluding tert-OH is 11. The number of aliphatic hydroxyl groups is 11. The van der Waals surface area contributed by atoms with E-state index in [1.165, 1.54) is 51.4 Å². The van der Waals surface area contributed by atoms with Gasteiger partial charge in [-0.15, -0.1) is 0 Å². The van der Waals surface area contributed by atoms with Gasteiger partial charge in [-0.2, -0.15) is 0 Å². The predicted octanol–water partition coefficient (Wildman–Crippen LogP) is 5.26. The highest BCUT2D eigenvalue weighted by Crippen LogP contribution is 2.33. The van der Waals surface area contributed by atoms with Crippen molar-refractivity contribution in [3.8, 4) is 0 Å². The van der Waals surface area contributed by atoms with Gasteiger partial charge in [0.25, 0.3) is 0 Å². The molecule has 0 bridgehead atoms. The normalized spacial score (nSPS) is 30.7. The van der Waals surface area contributed by atoms with Crippen molar-refractivity contribution in [3.63, 3.8) is 0 Å². The van der Waals surface area contributed by atoms with E-state index < -0.39 is 124 Å². The van der Waals surface area contributed by atoms with Gasteiger partial charge in [0.15, 0.2) is 18.9 Å². The molecule has 19 nitrogen and oxygen atoms in total. The zero-order valence-corrected chi connectivity index (χ0v) is 47.6. The Hall–Kier alpha value is -2.51. The number of nitrogens with one attached hydrogen (secondary N) is 1. The van der Waals surface area contributed by atoms with Crippen LogP contribution in [-0.2, 0) is 33.2 Å². The van der Waals surface area contributed by atoms with Crippen LogP contribution in [-0.4, -0.2) is 193 Å². The van der Waals surface area contributed by atoms with Crippen molar-refractivity contribution in [2.45, 2.75) is 285 Å². The van der Waals surface area contributed by atoms with Crippen LogP contribution in [0.25, 0.3) is 0 Å². The number of hydrogen-bond donors (Lipinski definition) is 12. The highest BCUT2D eigenvalue weighted by Gasteiger charge is 2.53. The van der Waals surface area contributed by atoms with Gasteiger partial charge in [-0.3, -0.25) is 4.79 Å². The first-order valence-corrected chi connectivity index (χ1v) is 30.0. The standard InChI is InChI=1S/C60H105NO18/c1-3-5-7-9-11-12-13-14-15-16-17-18-19-20-21-22-23-24-25-26-27-28-29-30-32-34-36-38-48(66)61-43(44(65)37-35-33-31-10-8-6-4-2)42-74-58-54(72)51(69)56(46(40-63)76-58)79-60-55(73)52(70)57(47(41-64)77-60)78-59-53(71)50(68)49(67)45(39-62)75-59/h5,7,11-12,14-15,17-18,20-21,43-47,49-60,62-65,67-73H,3-4,6,8-10,13,16,19,22-42H2,1-2H3,(H,61,66)/b7-5-,12-11-,15-14-,18-17-,21-20-. The van der Waals surface area contributed by atoms with Crippen molar-refractivity contribution in [2.24, 2.45) is 0 Å². The molecule has 0 aliphatic carbocycles. The molecule has 0 spiro atoms. The zero-order chi connectivity index (χ0) is 57.6. The fourth-order valence-electron chi connectivity index (χ4n) is 9.93. The largest absolute Gasteiger partial charge is 0.394 e. The monoisotopic (exact) mass is 1130 g/mol. The Bertz CT molecular complexity index is 1680. The molecular weight excluding hydrogens is 1020 g/mol. The quantitative estimate of drug-likeness (QED) is 0.0274. The van der Waals surface area contributed by atoms with Crippen LogP contribution in [0.1, 0.15) is 181 Å². The molecule has 0 aromatic carbocycles. The van der Waals surface area contributed by atoms with Gasteiger partial charge in [-0.1, -0.05) is 177 Å². The summed E-state index contributed by atoms with van der Waals surface area (Å²) in [6, 6.07) is -0.888. The van der Waals surface area contributed by atoms with E-state index in [9.17, 15) is 61.0 Å². The second-order valence-electron chi connectivity index (χ2n) is 21.4. The highest BCUT2D eigenvalue weighted by atomic mass is 16.8. The molecule has 79 heavy (non-hydrogen) atoms. The Balaban J connectivity index is 1.39. The summed E-state index contributed by atoms with van der Waals surface area (Å²) in [5.74, 6) is -0.254. The van der Waals surface area contributed by atoms with Crippen molar-refractivity contribution >= 4 is 5.91 Å². The minimum absolute atomic E-state index is 0.254. The SMILES string of the molecule is CC/C=C\C/C=C\C/C=C\C/C=C\C/C=C\CCCCCCCCCCCCCC(=O)NC(COC1OC(CO)C(OC2OC(CO)C(OC3OC(CO)C(O)C(O)C3O)C(O)C2O)C(O)C1O)C(O)CCCCCCCCC. The Morgan fingerprint density at radius 2 is 0.873 bits per heavy atom. The number of carbonyl (C=O) groups is 1. The number of carbonyl (C=O) groups excluding carboxylic acids is 1. The van der Waals surface area contributed by atoms with Crippen molar-refractivity contribution < 1.29 is 89.4 Å². The van der Waals surface area contributed by atoms with Crippen molar-refractivity contribution in [2.75, 3.05) is 26.4 Å².